The first kappa shape index (κ1) is 14.3. The monoisotopic (exact) mass is 325 g/mol. The zero-order valence-corrected chi connectivity index (χ0v) is 13.0. The number of hydrogen-bond acceptors (Lipinski definition) is 3. The van der Waals surface area contributed by atoms with Crippen molar-refractivity contribution in [3.63, 3.8) is 0 Å². The Kier molecular flexibility index (Phi) is 4.47. The molecule has 104 valence electrons. The number of rotatable bonds is 2. The molecule has 1 saturated heterocycles. The molecular formula is C14H20BrN3O. The molecule has 1 fully saturated rings. The van der Waals surface area contributed by atoms with Gasteiger partial charge in [-0.15, -0.1) is 0 Å². The predicted octanol–water partition coefficient (Wildman–Crippen LogP) is 2.20. The first-order valence-electron chi connectivity index (χ1n) is 6.50. The van der Waals surface area contributed by atoms with Crippen molar-refractivity contribution in [1.29, 1.82) is 0 Å². The Hall–Kier alpha value is -1.07. The molecule has 1 aromatic carbocycles. The van der Waals surface area contributed by atoms with Gasteiger partial charge in [0, 0.05) is 29.3 Å². The van der Waals surface area contributed by atoms with Gasteiger partial charge >= 0.3 is 0 Å². The van der Waals surface area contributed by atoms with E-state index < -0.39 is 0 Å². The second kappa shape index (κ2) is 5.92. The van der Waals surface area contributed by atoms with Crippen LogP contribution in [0.3, 0.4) is 0 Å². The van der Waals surface area contributed by atoms with Gasteiger partial charge in [0.15, 0.2) is 0 Å². The van der Waals surface area contributed by atoms with E-state index in [9.17, 15) is 4.79 Å². The SMILES string of the molecule is CN(C)C1CCCN(C(=O)c2ccc(Br)cc2N)C1. The molecule has 1 aliphatic heterocycles. The third-order valence-corrected chi connectivity index (χ3v) is 4.15. The van der Waals surface area contributed by atoms with Gasteiger partial charge in [0.25, 0.3) is 5.91 Å². The summed E-state index contributed by atoms with van der Waals surface area (Å²) in [5, 5.41) is 0. The molecule has 0 aromatic heterocycles. The number of likely N-dealkylation sites (tertiary alicyclic amines) is 1. The molecule has 1 atom stereocenters. The average Bonchev–Trinajstić information content (AvgIpc) is 2.38. The van der Waals surface area contributed by atoms with Crippen LogP contribution in [-0.2, 0) is 0 Å². The fourth-order valence-corrected chi connectivity index (χ4v) is 2.84. The first-order valence-corrected chi connectivity index (χ1v) is 7.29. The third-order valence-electron chi connectivity index (χ3n) is 3.66. The van der Waals surface area contributed by atoms with Crippen molar-refractivity contribution in [3.05, 3.63) is 28.2 Å². The molecule has 0 saturated carbocycles. The predicted molar refractivity (Wildman–Crippen MR) is 81.2 cm³/mol. The van der Waals surface area contributed by atoms with E-state index in [1.807, 2.05) is 11.0 Å². The van der Waals surface area contributed by atoms with Crippen molar-refractivity contribution in [3.8, 4) is 0 Å². The number of nitrogens with two attached hydrogens (primary N) is 1. The highest BCUT2D eigenvalue weighted by Crippen LogP contribution is 2.22. The Labute approximate surface area is 122 Å². The highest BCUT2D eigenvalue weighted by atomic mass is 79.9. The minimum atomic E-state index is 0.0385. The summed E-state index contributed by atoms with van der Waals surface area (Å²) < 4.78 is 0.895. The first-order chi connectivity index (χ1) is 8.99. The van der Waals surface area contributed by atoms with Crippen molar-refractivity contribution in [2.45, 2.75) is 18.9 Å². The lowest BCUT2D eigenvalue weighted by molar-refractivity contribution is 0.0636. The number of likely N-dealkylation sites (N-methyl/N-ethyl adjacent to an activating group) is 1. The van der Waals surface area contributed by atoms with E-state index in [0.717, 1.165) is 30.4 Å². The van der Waals surface area contributed by atoms with Gasteiger partial charge in [0.05, 0.1) is 5.56 Å². The maximum Gasteiger partial charge on any atom is 0.255 e. The number of piperidine rings is 1. The Bertz CT molecular complexity index is 476. The number of anilines is 1. The van der Waals surface area contributed by atoms with Crippen LogP contribution in [0, 0.1) is 0 Å². The number of amides is 1. The molecule has 1 aromatic rings. The van der Waals surface area contributed by atoms with Crippen LogP contribution in [0.25, 0.3) is 0 Å². The van der Waals surface area contributed by atoms with Crippen LogP contribution >= 0.6 is 15.9 Å². The van der Waals surface area contributed by atoms with E-state index in [2.05, 4.69) is 34.9 Å². The van der Waals surface area contributed by atoms with Gasteiger partial charge in [-0.2, -0.15) is 0 Å². The number of nitrogen functional groups attached to an aromatic ring is 1. The smallest absolute Gasteiger partial charge is 0.255 e. The van der Waals surface area contributed by atoms with E-state index in [4.69, 9.17) is 5.73 Å². The van der Waals surface area contributed by atoms with Crippen molar-refractivity contribution < 1.29 is 4.79 Å². The molecule has 0 radical (unpaired) electrons. The topological polar surface area (TPSA) is 49.6 Å². The van der Waals surface area contributed by atoms with Crippen LogP contribution in [0.4, 0.5) is 5.69 Å². The molecule has 1 heterocycles. The summed E-state index contributed by atoms with van der Waals surface area (Å²) in [7, 11) is 4.12. The number of carbonyl (C=O) groups is 1. The zero-order valence-electron chi connectivity index (χ0n) is 11.4. The van der Waals surface area contributed by atoms with Crippen LogP contribution < -0.4 is 5.73 Å². The molecule has 4 nitrogen and oxygen atoms in total. The molecular weight excluding hydrogens is 306 g/mol. The molecule has 0 aliphatic carbocycles. The van der Waals surface area contributed by atoms with Gasteiger partial charge in [-0.25, -0.2) is 0 Å². The number of benzene rings is 1. The molecule has 0 spiro atoms. The maximum atomic E-state index is 12.5. The quantitative estimate of drug-likeness (QED) is 0.848. The van der Waals surface area contributed by atoms with E-state index >= 15 is 0 Å². The van der Waals surface area contributed by atoms with E-state index in [1.54, 1.807) is 12.1 Å². The molecule has 0 bridgehead atoms. The highest BCUT2D eigenvalue weighted by molar-refractivity contribution is 9.10. The lowest BCUT2D eigenvalue weighted by atomic mass is 10.0. The molecule has 2 N–H and O–H groups in total. The van der Waals surface area contributed by atoms with Crippen LogP contribution in [-0.4, -0.2) is 48.9 Å². The second-order valence-corrected chi connectivity index (χ2v) is 6.16. The number of hydrogen-bond donors (Lipinski definition) is 1. The maximum absolute atomic E-state index is 12.5. The van der Waals surface area contributed by atoms with Gasteiger partial charge < -0.3 is 15.5 Å². The van der Waals surface area contributed by atoms with Gasteiger partial charge in [-0.3, -0.25) is 4.79 Å². The minimum Gasteiger partial charge on any atom is -0.398 e. The minimum absolute atomic E-state index is 0.0385. The standard InChI is InChI=1S/C14H20BrN3O/c1-17(2)11-4-3-7-18(9-11)14(19)12-6-5-10(15)8-13(12)16/h5-6,8,11H,3-4,7,9,16H2,1-2H3. The number of halogens is 1. The normalized spacial score (nSPS) is 19.8. The fraction of sp³-hybridized carbons (Fsp3) is 0.500. The molecule has 1 amide bonds. The lowest BCUT2D eigenvalue weighted by Crippen LogP contribution is -2.47. The summed E-state index contributed by atoms with van der Waals surface area (Å²) in [6, 6.07) is 5.87. The van der Waals surface area contributed by atoms with Crippen molar-refractivity contribution in [2.75, 3.05) is 32.9 Å². The fourth-order valence-electron chi connectivity index (χ4n) is 2.46. The molecule has 1 unspecified atom stereocenters. The van der Waals surface area contributed by atoms with Crippen LogP contribution in [0.15, 0.2) is 22.7 Å². The van der Waals surface area contributed by atoms with Crippen LogP contribution in [0.5, 0.6) is 0 Å². The van der Waals surface area contributed by atoms with Crippen LogP contribution in [0.2, 0.25) is 0 Å². The van der Waals surface area contributed by atoms with E-state index in [1.165, 1.54) is 0 Å². The summed E-state index contributed by atoms with van der Waals surface area (Å²) in [5.41, 5.74) is 7.07. The average molecular weight is 326 g/mol. The lowest BCUT2D eigenvalue weighted by Gasteiger charge is -2.36. The summed E-state index contributed by atoms with van der Waals surface area (Å²) in [6.45, 7) is 1.60. The van der Waals surface area contributed by atoms with Gasteiger partial charge in [0.1, 0.15) is 0 Å². The summed E-state index contributed by atoms with van der Waals surface area (Å²) >= 11 is 3.36. The van der Waals surface area contributed by atoms with Crippen molar-refractivity contribution in [2.24, 2.45) is 0 Å². The molecule has 5 heteroatoms. The number of carbonyl (C=O) groups excluding carboxylic acids is 1. The third kappa shape index (κ3) is 3.28. The molecule has 2 rings (SSSR count). The summed E-state index contributed by atoms with van der Waals surface area (Å²) in [4.78, 5) is 16.6. The van der Waals surface area contributed by atoms with Crippen molar-refractivity contribution in [1.82, 2.24) is 9.80 Å². The zero-order chi connectivity index (χ0) is 14.0. The van der Waals surface area contributed by atoms with Gasteiger partial charge in [-0.1, -0.05) is 15.9 Å². The Morgan fingerprint density at radius 2 is 2.21 bits per heavy atom. The second-order valence-electron chi connectivity index (χ2n) is 5.24. The van der Waals surface area contributed by atoms with E-state index in [-0.39, 0.29) is 5.91 Å². The van der Waals surface area contributed by atoms with E-state index in [0.29, 0.717) is 17.3 Å². The number of nitrogens with zero attached hydrogens (tertiary/aromatic N) is 2. The highest BCUT2D eigenvalue weighted by Gasteiger charge is 2.26. The Balaban J connectivity index is 2.15. The van der Waals surface area contributed by atoms with Crippen LogP contribution in [0.1, 0.15) is 23.2 Å². The summed E-state index contributed by atoms with van der Waals surface area (Å²) in [5.74, 6) is 0.0385. The Morgan fingerprint density at radius 1 is 1.47 bits per heavy atom. The molecule has 1 aliphatic rings. The van der Waals surface area contributed by atoms with Gasteiger partial charge in [0.2, 0.25) is 0 Å². The van der Waals surface area contributed by atoms with Crippen molar-refractivity contribution >= 4 is 27.5 Å². The van der Waals surface area contributed by atoms with Gasteiger partial charge in [-0.05, 0) is 45.1 Å². The largest absolute Gasteiger partial charge is 0.398 e. The summed E-state index contributed by atoms with van der Waals surface area (Å²) in [6.07, 6.45) is 2.19. The Morgan fingerprint density at radius 3 is 2.84 bits per heavy atom. The molecule has 19 heavy (non-hydrogen) atoms.